The highest BCUT2D eigenvalue weighted by molar-refractivity contribution is 7.92. The molecule has 2 heterocycles. The molecule has 0 radical (unpaired) electrons. The van der Waals surface area contributed by atoms with Crippen molar-refractivity contribution in [3.63, 3.8) is 0 Å². The molecule has 0 bridgehead atoms. The highest BCUT2D eigenvalue weighted by atomic mass is 32.2. The van der Waals surface area contributed by atoms with Gasteiger partial charge >= 0.3 is 0 Å². The molecule has 7 heteroatoms. The Hall–Kier alpha value is -1.60. The number of nitrogens with one attached hydrogen (secondary N) is 1. The Balaban J connectivity index is 1.70. The van der Waals surface area contributed by atoms with Crippen molar-refractivity contribution in [3.05, 3.63) is 29.3 Å². The van der Waals surface area contributed by atoms with E-state index in [9.17, 15) is 13.2 Å². The highest BCUT2D eigenvalue weighted by Crippen LogP contribution is 2.30. The lowest BCUT2D eigenvalue weighted by Gasteiger charge is -2.16. The molecule has 120 valence electrons. The van der Waals surface area contributed by atoms with Crippen molar-refractivity contribution in [1.29, 1.82) is 0 Å². The average Bonchev–Trinajstić information content (AvgIpc) is 3.12. The van der Waals surface area contributed by atoms with Crippen molar-refractivity contribution in [2.45, 2.75) is 25.4 Å². The molecule has 1 aromatic rings. The molecular weight excluding hydrogens is 304 g/mol. The van der Waals surface area contributed by atoms with E-state index in [1.165, 1.54) is 10.6 Å². The largest absolute Gasteiger partial charge is 0.376 e. The Morgan fingerprint density at radius 3 is 2.95 bits per heavy atom. The van der Waals surface area contributed by atoms with Crippen LogP contribution in [0.1, 0.15) is 28.8 Å². The summed E-state index contributed by atoms with van der Waals surface area (Å²) in [7, 11) is -3.25. The standard InChI is InChI=1S/C15H20N2O4S/c1-22(19,20)17-7-6-11-9-12(4-5-14(11)17)15(18)16-10-13-3-2-8-21-13/h4-5,9,13H,2-3,6-8,10H2,1H3,(H,16,18)/t13-/m1/s1. The summed E-state index contributed by atoms with van der Waals surface area (Å²) in [6.07, 6.45) is 3.97. The third kappa shape index (κ3) is 3.10. The van der Waals surface area contributed by atoms with Gasteiger partial charge < -0.3 is 10.1 Å². The van der Waals surface area contributed by atoms with Crippen molar-refractivity contribution < 1.29 is 17.9 Å². The zero-order chi connectivity index (χ0) is 15.7. The first kappa shape index (κ1) is 15.3. The number of amides is 1. The molecular formula is C15H20N2O4S. The van der Waals surface area contributed by atoms with E-state index in [0.717, 1.165) is 25.0 Å². The summed E-state index contributed by atoms with van der Waals surface area (Å²) in [6.45, 7) is 1.72. The van der Waals surface area contributed by atoms with E-state index >= 15 is 0 Å². The Bertz CT molecular complexity index is 681. The zero-order valence-corrected chi connectivity index (χ0v) is 13.4. The van der Waals surface area contributed by atoms with E-state index in [-0.39, 0.29) is 12.0 Å². The van der Waals surface area contributed by atoms with Crippen LogP contribution in [-0.2, 0) is 21.2 Å². The number of hydrogen-bond acceptors (Lipinski definition) is 4. The quantitative estimate of drug-likeness (QED) is 0.893. The lowest BCUT2D eigenvalue weighted by molar-refractivity contribution is 0.0857. The minimum atomic E-state index is -3.25. The topological polar surface area (TPSA) is 75.7 Å². The van der Waals surface area contributed by atoms with E-state index in [2.05, 4.69) is 5.32 Å². The normalized spacial score (nSPS) is 21.0. The smallest absolute Gasteiger partial charge is 0.251 e. The third-order valence-corrected chi connectivity index (χ3v) is 5.29. The molecule has 1 saturated heterocycles. The molecule has 22 heavy (non-hydrogen) atoms. The van der Waals surface area contributed by atoms with Crippen LogP contribution in [0.4, 0.5) is 5.69 Å². The number of rotatable bonds is 4. The molecule has 1 fully saturated rings. The molecule has 1 N–H and O–H groups in total. The third-order valence-electron chi connectivity index (χ3n) is 4.11. The predicted octanol–water partition coefficient (Wildman–Crippen LogP) is 0.917. The van der Waals surface area contributed by atoms with E-state index in [1.807, 2.05) is 0 Å². The SMILES string of the molecule is CS(=O)(=O)N1CCc2cc(C(=O)NC[C@H]3CCCO3)ccc21. The number of sulfonamides is 1. The summed E-state index contributed by atoms with van der Waals surface area (Å²) in [5, 5.41) is 2.88. The summed E-state index contributed by atoms with van der Waals surface area (Å²) in [5.74, 6) is -0.142. The number of ether oxygens (including phenoxy) is 1. The first-order valence-corrected chi connectivity index (χ1v) is 9.30. The average molecular weight is 324 g/mol. The Morgan fingerprint density at radius 2 is 2.27 bits per heavy atom. The van der Waals surface area contributed by atoms with Crippen LogP contribution in [0, 0.1) is 0 Å². The van der Waals surface area contributed by atoms with E-state index in [1.54, 1.807) is 18.2 Å². The number of carbonyl (C=O) groups is 1. The monoisotopic (exact) mass is 324 g/mol. The summed E-state index contributed by atoms with van der Waals surface area (Å²) in [6, 6.07) is 5.17. The number of hydrogen-bond donors (Lipinski definition) is 1. The maximum atomic E-state index is 12.2. The molecule has 0 spiro atoms. The first-order chi connectivity index (χ1) is 10.4. The molecule has 1 aromatic carbocycles. The molecule has 2 aliphatic heterocycles. The fraction of sp³-hybridized carbons (Fsp3) is 0.533. The minimum absolute atomic E-state index is 0.110. The van der Waals surface area contributed by atoms with Crippen LogP contribution in [0.15, 0.2) is 18.2 Å². The van der Waals surface area contributed by atoms with Gasteiger partial charge in [0.1, 0.15) is 0 Å². The zero-order valence-electron chi connectivity index (χ0n) is 12.5. The van der Waals surface area contributed by atoms with Gasteiger partial charge in [-0.25, -0.2) is 8.42 Å². The van der Waals surface area contributed by atoms with Gasteiger partial charge in [-0.05, 0) is 43.0 Å². The predicted molar refractivity (Wildman–Crippen MR) is 83.6 cm³/mol. The Labute approximate surface area is 130 Å². The van der Waals surface area contributed by atoms with E-state index in [0.29, 0.717) is 30.8 Å². The number of fused-ring (bicyclic) bond motifs is 1. The van der Waals surface area contributed by atoms with Crippen LogP contribution in [0.2, 0.25) is 0 Å². The second-order valence-corrected chi connectivity index (χ2v) is 7.68. The lowest BCUT2D eigenvalue weighted by Crippen LogP contribution is -2.31. The Kier molecular flexibility index (Phi) is 4.10. The molecule has 0 saturated carbocycles. The van der Waals surface area contributed by atoms with Gasteiger partial charge in [0.15, 0.2) is 0 Å². The molecule has 0 unspecified atom stereocenters. The number of anilines is 1. The maximum absolute atomic E-state index is 12.2. The van der Waals surface area contributed by atoms with Crippen molar-refractivity contribution in [2.75, 3.05) is 30.3 Å². The molecule has 1 atom stereocenters. The van der Waals surface area contributed by atoms with Crippen molar-refractivity contribution in [1.82, 2.24) is 5.32 Å². The minimum Gasteiger partial charge on any atom is -0.376 e. The van der Waals surface area contributed by atoms with Crippen LogP contribution in [0.3, 0.4) is 0 Å². The summed E-state index contributed by atoms with van der Waals surface area (Å²) >= 11 is 0. The molecule has 6 nitrogen and oxygen atoms in total. The molecule has 0 aromatic heterocycles. The van der Waals surface area contributed by atoms with Gasteiger partial charge in [0.05, 0.1) is 18.0 Å². The van der Waals surface area contributed by atoms with Crippen LogP contribution in [0.5, 0.6) is 0 Å². The number of nitrogens with zero attached hydrogens (tertiary/aromatic N) is 1. The van der Waals surface area contributed by atoms with Gasteiger partial charge in [0.25, 0.3) is 5.91 Å². The van der Waals surface area contributed by atoms with E-state index in [4.69, 9.17) is 4.74 Å². The molecule has 0 aliphatic carbocycles. The molecule has 1 amide bonds. The molecule has 2 aliphatic rings. The van der Waals surface area contributed by atoms with Crippen molar-refractivity contribution >= 4 is 21.6 Å². The van der Waals surface area contributed by atoms with Crippen molar-refractivity contribution in [3.8, 4) is 0 Å². The van der Waals surface area contributed by atoms with Gasteiger partial charge in [-0.1, -0.05) is 0 Å². The maximum Gasteiger partial charge on any atom is 0.251 e. The van der Waals surface area contributed by atoms with Crippen LogP contribution in [0.25, 0.3) is 0 Å². The number of carbonyl (C=O) groups excluding carboxylic acids is 1. The Morgan fingerprint density at radius 1 is 1.45 bits per heavy atom. The summed E-state index contributed by atoms with van der Waals surface area (Å²) in [4.78, 5) is 12.2. The van der Waals surface area contributed by atoms with Crippen LogP contribution in [-0.4, -0.2) is 46.4 Å². The van der Waals surface area contributed by atoms with E-state index < -0.39 is 10.0 Å². The fourth-order valence-corrected chi connectivity index (χ4v) is 3.93. The van der Waals surface area contributed by atoms with Gasteiger partial charge in [-0.2, -0.15) is 0 Å². The highest BCUT2D eigenvalue weighted by Gasteiger charge is 2.26. The second-order valence-electron chi connectivity index (χ2n) is 5.77. The van der Waals surface area contributed by atoms with Gasteiger partial charge in [-0.15, -0.1) is 0 Å². The second kappa shape index (κ2) is 5.89. The molecule has 3 rings (SSSR count). The van der Waals surface area contributed by atoms with Crippen LogP contribution < -0.4 is 9.62 Å². The fourth-order valence-electron chi connectivity index (χ4n) is 2.97. The van der Waals surface area contributed by atoms with Crippen molar-refractivity contribution in [2.24, 2.45) is 0 Å². The van der Waals surface area contributed by atoms with Gasteiger partial charge in [-0.3, -0.25) is 9.10 Å². The summed E-state index contributed by atoms with van der Waals surface area (Å²) in [5.41, 5.74) is 2.14. The first-order valence-electron chi connectivity index (χ1n) is 7.45. The van der Waals surface area contributed by atoms with Gasteiger partial charge in [0.2, 0.25) is 10.0 Å². The lowest BCUT2D eigenvalue weighted by atomic mass is 10.1. The van der Waals surface area contributed by atoms with Crippen LogP contribution >= 0.6 is 0 Å². The summed E-state index contributed by atoms with van der Waals surface area (Å²) < 4.78 is 30.3. The number of benzene rings is 1. The van der Waals surface area contributed by atoms with Gasteiger partial charge in [0, 0.05) is 25.3 Å².